The third-order valence-corrected chi connectivity index (χ3v) is 2.11. The summed E-state index contributed by atoms with van der Waals surface area (Å²) in [5.41, 5.74) is 1.39. The van der Waals surface area contributed by atoms with Crippen LogP contribution in [0.3, 0.4) is 0 Å². The molecule has 0 atom stereocenters. The molecule has 70 valence electrons. The van der Waals surface area contributed by atoms with Crippen molar-refractivity contribution >= 4 is 21.9 Å². The van der Waals surface area contributed by atoms with E-state index in [-0.39, 0.29) is 5.97 Å². The molecule has 4 heteroatoms. The standard InChI is InChI=1S/C9H10BrNO2/c1-2-13-9(12)8-4-3-7(5-10)6-11-8/h3-4,6H,2,5H2,1H3. The largest absolute Gasteiger partial charge is 0.461 e. The topological polar surface area (TPSA) is 39.2 Å². The fraction of sp³-hybridized carbons (Fsp3) is 0.333. The summed E-state index contributed by atoms with van der Waals surface area (Å²) >= 11 is 3.29. The Morgan fingerprint density at radius 1 is 1.62 bits per heavy atom. The average Bonchev–Trinajstić information content (AvgIpc) is 2.18. The van der Waals surface area contributed by atoms with Crippen LogP contribution in [0.15, 0.2) is 18.3 Å². The van der Waals surface area contributed by atoms with Crippen molar-refractivity contribution in [2.24, 2.45) is 0 Å². The van der Waals surface area contributed by atoms with E-state index in [1.807, 2.05) is 6.07 Å². The molecule has 1 aromatic rings. The predicted octanol–water partition coefficient (Wildman–Crippen LogP) is 2.15. The number of hydrogen-bond acceptors (Lipinski definition) is 3. The first-order valence-electron chi connectivity index (χ1n) is 3.96. The summed E-state index contributed by atoms with van der Waals surface area (Å²) in [6.07, 6.45) is 1.65. The Kier molecular flexibility index (Phi) is 3.89. The van der Waals surface area contributed by atoms with Crippen molar-refractivity contribution in [3.63, 3.8) is 0 Å². The molecule has 13 heavy (non-hydrogen) atoms. The monoisotopic (exact) mass is 243 g/mol. The predicted molar refractivity (Wildman–Crippen MR) is 52.8 cm³/mol. The number of rotatable bonds is 3. The molecule has 3 nitrogen and oxygen atoms in total. The molecule has 0 spiro atoms. The first kappa shape index (κ1) is 10.2. The number of pyridine rings is 1. The van der Waals surface area contributed by atoms with Crippen LogP contribution in [-0.2, 0) is 10.1 Å². The molecule has 1 heterocycles. The van der Waals surface area contributed by atoms with Crippen molar-refractivity contribution in [1.29, 1.82) is 0 Å². The summed E-state index contributed by atoms with van der Waals surface area (Å²) in [7, 11) is 0. The van der Waals surface area contributed by atoms with Gasteiger partial charge in [0.1, 0.15) is 5.69 Å². The number of halogens is 1. The maximum atomic E-state index is 11.1. The lowest BCUT2D eigenvalue weighted by molar-refractivity contribution is 0.0519. The first-order chi connectivity index (χ1) is 6.27. The maximum Gasteiger partial charge on any atom is 0.356 e. The second kappa shape index (κ2) is 4.97. The molecular weight excluding hydrogens is 234 g/mol. The summed E-state index contributed by atoms with van der Waals surface area (Å²) in [5, 5.41) is 0.739. The van der Waals surface area contributed by atoms with Crippen LogP contribution in [0.25, 0.3) is 0 Å². The minimum Gasteiger partial charge on any atom is -0.461 e. The van der Waals surface area contributed by atoms with Gasteiger partial charge in [0.05, 0.1) is 6.61 Å². The number of ether oxygens (including phenoxy) is 1. The van der Waals surface area contributed by atoms with Crippen LogP contribution in [0.5, 0.6) is 0 Å². The lowest BCUT2D eigenvalue weighted by Gasteiger charge is -2.00. The molecule has 0 fully saturated rings. The lowest BCUT2D eigenvalue weighted by atomic mass is 10.3. The summed E-state index contributed by atoms with van der Waals surface area (Å²) in [5.74, 6) is -0.372. The number of aromatic nitrogens is 1. The van der Waals surface area contributed by atoms with Crippen LogP contribution in [-0.4, -0.2) is 17.6 Å². The zero-order valence-electron chi connectivity index (χ0n) is 7.29. The van der Waals surface area contributed by atoms with Crippen LogP contribution in [0.2, 0.25) is 0 Å². The summed E-state index contributed by atoms with van der Waals surface area (Å²) < 4.78 is 4.79. The van der Waals surface area contributed by atoms with Gasteiger partial charge in [-0.2, -0.15) is 0 Å². The van der Waals surface area contributed by atoms with E-state index in [4.69, 9.17) is 4.74 Å². The molecular formula is C9H10BrNO2. The van der Waals surface area contributed by atoms with E-state index in [1.54, 1.807) is 19.2 Å². The molecule has 0 N–H and O–H groups in total. The number of esters is 1. The van der Waals surface area contributed by atoms with E-state index in [0.717, 1.165) is 10.9 Å². The van der Waals surface area contributed by atoms with Gasteiger partial charge in [-0.3, -0.25) is 0 Å². The minimum atomic E-state index is -0.372. The Bertz CT molecular complexity index is 284. The Balaban J connectivity index is 2.74. The van der Waals surface area contributed by atoms with Crippen molar-refractivity contribution in [3.05, 3.63) is 29.6 Å². The van der Waals surface area contributed by atoms with Crippen molar-refractivity contribution in [2.45, 2.75) is 12.3 Å². The van der Waals surface area contributed by atoms with Crippen molar-refractivity contribution in [2.75, 3.05) is 6.61 Å². The van der Waals surface area contributed by atoms with Crippen LogP contribution < -0.4 is 0 Å². The van der Waals surface area contributed by atoms with Gasteiger partial charge in [-0.1, -0.05) is 22.0 Å². The Morgan fingerprint density at radius 3 is 2.85 bits per heavy atom. The number of nitrogens with zero attached hydrogens (tertiary/aromatic N) is 1. The Labute approximate surface area is 85.3 Å². The van der Waals surface area contributed by atoms with Gasteiger partial charge in [-0.25, -0.2) is 9.78 Å². The molecule has 0 aromatic carbocycles. The fourth-order valence-corrected chi connectivity index (χ4v) is 1.16. The molecule has 0 bridgehead atoms. The number of alkyl halides is 1. The molecule has 0 aliphatic rings. The second-order valence-corrected chi connectivity index (χ2v) is 2.97. The Morgan fingerprint density at radius 2 is 2.38 bits per heavy atom. The highest BCUT2D eigenvalue weighted by atomic mass is 79.9. The highest BCUT2D eigenvalue weighted by Gasteiger charge is 2.06. The summed E-state index contributed by atoms with van der Waals surface area (Å²) in [6.45, 7) is 2.14. The van der Waals surface area contributed by atoms with Crippen LogP contribution in [0.1, 0.15) is 23.0 Å². The molecule has 0 unspecified atom stereocenters. The van der Waals surface area contributed by atoms with Crippen molar-refractivity contribution < 1.29 is 9.53 Å². The van der Waals surface area contributed by atoms with E-state index in [1.165, 1.54) is 0 Å². The molecule has 0 radical (unpaired) electrons. The number of carbonyl (C=O) groups is 1. The highest BCUT2D eigenvalue weighted by Crippen LogP contribution is 2.05. The molecule has 0 aliphatic heterocycles. The molecule has 1 rings (SSSR count). The molecule has 0 amide bonds. The quantitative estimate of drug-likeness (QED) is 0.604. The summed E-state index contributed by atoms with van der Waals surface area (Å²) in [6, 6.07) is 3.50. The van der Waals surface area contributed by atoms with Crippen LogP contribution in [0.4, 0.5) is 0 Å². The molecule has 0 aliphatic carbocycles. The van der Waals surface area contributed by atoms with Gasteiger partial charge in [-0.15, -0.1) is 0 Å². The highest BCUT2D eigenvalue weighted by molar-refractivity contribution is 9.08. The van der Waals surface area contributed by atoms with Gasteiger partial charge < -0.3 is 4.74 Å². The second-order valence-electron chi connectivity index (χ2n) is 2.41. The van der Waals surface area contributed by atoms with Gasteiger partial charge in [0.25, 0.3) is 0 Å². The number of carbonyl (C=O) groups excluding carboxylic acids is 1. The van der Waals surface area contributed by atoms with Crippen molar-refractivity contribution in [3.8, 4) is 0 Å². The van der Waals surface area contributed by atoms with Gasteiger partial charge in [0.15, 0.2) is 0 Å². The zero-order valence-corrected chi connectivity index (χ0v) is 8.87. The molecule has 0 saturated carbocycles. The van der Waals surface area contributed by atoms with E-state index in [2.05, 4.69) is 20.9 Å². The minimum absolute atomic E-state index is 0.353. The Hall–Kier alpha value is -0.900. The van der Waals surface area contributed by atoms with Gasteiger partial charge >= 0.3 is 5.97 Å². The summed E-state index contributed by atoms with van der Waals surface area (Å²) in [4.78, 5) is 15.1. The van der Waals surface area contributed by atoms with Gasteiger partial charge in [-0.05, 0) is 18.6 Å². The van der Waals surface area contributed by atoms with Gasteiger partial charge in [0.2, 0.25) is 0 Å². The maximum absolute atomic E-state index is 11.1. The fourth-order valence-electron chi connectivity index (χ4n) is 0.829. The third-order valence-electron chi connectivity index (χ3n) is 1.46. The SMILES string of the molecule is CCOC(=O)c1ccc(CBr)cn1. The lowest BCUT2D eigenvalue weighted by Crippen LogP contribution is -2.06. The van der Waals surface area contributed by atoms with E-state index >= 15 is 0 Å². The van der Waals surface area contributed by atoms with Crippen LogP contribution >= 0.6 is 15.9 Å². The third kappa shape index (κ3) is 2.81. The van der Waals surface area contributed by atoms with Crippen LogP contribution in [0, 0.1) is 0 Å². The zero-order chi connectivity index (χ0) is 9.68. The molecule has 1 aromatic heterocycles. The van der Waals surface area contributed by atoms with E-state index in [9.17, 15) is 4.79 Å². The molecule has 0 saturated heterocycles. The average molecular weight is 244 g/mol. The van der Waals surface area contributed by atoms with E-state index in [0.29, 0.717) is 12.3 Å². The van der Waals surface area contributed by atoms with Crippen molar-refractivity contribution in [1.82, 2.24) is 4.98 Å². The smallest absolute Gasteiger partial charge is 0.356 e. The van der Waals surface area contributed by atoms with Gasteiger partial charge in [0, 0.05) is 11.5 Å². The normalized spacial score (nSPS) is 9.69. The first-order valence-corrected chi connectivity index (χ1v) is 5.08. The van der Waals surface area contributed by atoms with E-state index < -0.39 is 0 Å². The number of hydrogen-bond donors (Lipinski definition) is 0.